The fourth-order valence-electron chi connectivity index (χ4n) is 6.04. The van der Waals surface area contributed by atoms with Crippen LogP contribution in [0.2, 0.25) is 5.02 Å². The lowest BCUT2D eigenvalue weighted by Gasteiger charge is -2.44. The maximum absolute atomic E-state index is 13.2. The zero-order valence-electron chi connectivity index (χ0n) is 21.1. The summed E-state index contributed by atoms with van der Waals surface area (Å²) < 4.78 is 37.0. The van der Waals surface area contributed by atoms with Gasteiger partial charge in [-0.25, -0.2) is 4.79 Å². The number of imide groups is 1. The Kier molecular flexibility index (Phi) is 7.77. The molecule has 4 atom stereocenters. The molecule has 12 heteroatoms. The number of piperidine rings is 1. The Hall–Kier alpha value is -3.44. The molecule has 3 heterocycles. The summed E-state index contributed by atoms with van der Waals surface area (Å²) in [5.41, 5.74) is 1.84. The normalized spacial score (nSPS) is 26.4. The van der Waals surface area contributed by atoms with E-state index in [1.807, 2.05) is 48.5 Å². The van der Waals surface area contributed by atoms with E-state index < -0.39 is 35.5 Å². The molecule has 1 N–H and O–H groups in total. The molecule has 39 heavy (non-hydrogen) atoms. The number of carbonyl (C=O) groups is 4. The van der Waals surface area contributed by atoms with Gasteiger partial charge in [-0.3, -0.25) is 24.2 Å². The SMILES string of the molecule is COC(=O)[C@@]12CCCCN1C(c1ccc(-c3cccc(Cl)c3)cc1)C1C(=O)N(C)C(=O)C12.O=C(O)C(F)(F)F. The third kappa shape index (κ3) is 4.89. The van der Waals surface area contributed by atoms with E-state index >= 15 is 0 Å². The van der Waals surface area contributed by atoms with Crippen LogP contribution in [0.3, 0.4) is 0 Å². The molecule has 2 aromatic rings. The number of esters is 1. The standard InChI is InChI=1S/C25H25ClN2O4.C2HF3O2/c1-27-22(29)19-20(23(27)30)25(24(31)32-2)12-3-4-13-28(25)21(19)16-10-8-15(9-11-16)17-6-5-7-18(26)14-17;3-2(4,5)1(6)7/h5-11,14,19-21H,3-4,12-13H2,1-2H3;(H,6,7)/t19?,20?,21?,25-;/m0./s1. The topological polar surface area (TPSA) is 104 Å². The molecule has 3 unspecified atom stereocenters. The number of hydrogen-bond donors (Lipinski definition) is 1. The van der Waals surface area contributed by atoms with Crippen LogP contribution in [0.1, 0.15) is 30.9 Å². The fraction of sp³-hybridized carbons (Fsp3) is 0.407. The van der Waals surface area contributed by atoms with Gasteiger partial charge in [0.15, 0.2) is 0 Å². The summed E-state index contributed by atoms with van der Waals surface area (Å²) in [5.74, 6) is -4.99. The number of halogens is 4. The Labute approximate surface area is 227 Å². The number of rotatable bonds is 3. The highest BCUT2D eigenvalue weighted by atomic mass is 35.5. The Bertz CT molecular complexity index is 1300. The largest absolute Gasteiger partial charge is 0.490 e. The van der Waals surface area contributed by atoms with E-state index in [2.05, 4.69) is 4.90 Å². The summed E-state index contributed by atoms with van der Waals surface area (Å²) in [6, 6.07) is 15.3. The van der Waals surface area contributed by atoms with Crippen LogP contribution in [0, 0.1) is 11.8 Å². The van der Waals surface area contributed by atoms with Crippen LogP contribution in [0.5, 0.6) is 0 Å². The molecule has 0 saturated carbocycles. The first-order chi connectivity index (χ1) is 18.3. The van der Waals surface area contributed by atoms with E-state index in [-0.39, 0.29) is 17.9 Å². The second-order valence-electron chi connectivity index (χ2n) is 9.69. The molecule has 0 bridgehead atoms. The number of benzene rings is 2. The molecule has 208 valence electrons. The molecule has 3 saturated heterocycles. The quantitative estimate of drug-likeness (QED) is 0.436. The smallest absolute Gasteiger partial charge is 0.475 e. The highest BCUT2D eigenvalue weighted by Crippen LogP contribution is 2.58. The van der Waals surface area contributed by atoms with Gasteiger partial charge in [-0.1, -0.05) is 48.0 Å². The molecule has 3 aliphatic rings. The molecule has 0 aromatic heterocycles. The minimum atomic E-state index is -5.08. The summed E-state index contributed by atoms with van der Waals surface area (Å²) in [7, 11) is 2.87. The molecular weight excluding hydrogens is 541 g/mol. The van der Waals surface area contributed by atoms with Gasteiger partial charge in [-0.05, 0) is 54.6 Å². The summed E-state index contributed by atoms with van der Waals surface area (Å²) in [6.07, 6.45) is -2.83. The summed E-state index contributed by atoms with van der Waals surface area (Å²) in [5, 5.41) is 7.79. The number of carbonyl (C=O) groups excluding carboxylic acids is 3. The predicted molar refractivity (Wildman–Crippen MR) is 133 cm³/mol. The Morgan fingerprint density at radius 3 is 2.26 bits per heavy atom. The van der Waals surface area contributed by atoms with E-state index in [1.54, 1.807) is 0 Å². The van der Waals surface area contributed by atoms with E-state index in [0.717, 1.165) is 29.5 Å². The summed E-state index contributed by atoms with van der Waals surface area (Å²) >= 11 is 6.14. The zero-order valence-corrected chi connectivity index (χ0v) is 21.8. The summed E-state index contributed by atoms with van der Waals surface area (Å²) in [6.45, 7) is 0.646. The summed E-state index contributed by atoms with van der Waals surface area (Å²) in [4.78, 5) is 51.7. The second-order valence-corrected chi connectivity index (χ2v) is 10.1. The van der Waals surface area contributed by atoms with Crippen LogP contribution in [-0.4, -0.2) is 71.1 Å². The number of hydrogen-bond acceptors (Lipinski definition) is 6. The first-order valence-corrected chi connectivity index (χ1v) is 12.5. The predicted octanol–water partition coefficient (Wildman–Crippen LogP) is 4.32. The third-order valence-corrected chi connectivity index (χ3v) is 7.91. The molecule has 2 amide bonds. The molecule has 3 aliphatic heterocycles. The molecule has 0 aliphatic carbocycles. The number of ether oxygens (including phenoxy) is 1. The van der Waals surface area contributed by atoms with Crippen molar-refractivity contribution < 1.29 is 42.2 Å². The van der Waals surface area contributed by atoms with Gasteiger partial charge in [0.2, 0.25) is 11.8 Å². The minimum Gasteiger partial charge on any atom is -0.475 e. The molecule has 3 fully saturated rings. The highest BCUT2D eigenvalue weighted by Gasteiger charge is 2.72. The Morgan fingerprint density at radius 2 is 1.69 bits per heavy atom. The zero-order chi connectivity index (χ0) is 28.7. The Morgan fingerprint density at radius 1 is 1.05 bits per heavy atom. The number of methoxy groups -OCH3 is 1. The number of fused-ring (bicyclic) bond motifs is 3. The lowest BCUT2D eigenvalue weighted by molar-refractivity contribution is -0.192. The van der Waals surface area contributed by atoms with Crippen LogP contribution in [0.25, 0.3) is 11.1 Å². The highest BCUT2D eigenvalue weighted by molar-refractivity contribution is 6.30. The van der Waals surface area contributed by atoms with Gasteiger partial charge in [0.05, 0.1) is 18.9 Å². The van der Waals surface area contributed by atoms with Crippen molar-refractivity contribution in [3.63, 3.8) is 0 Å². The number of amides is 2. The number of carboxylic acid groups (broad SMARTS) is 1. The number of aliphatic carboxylic acids is 1. The van der Waals surface area contributed by atoms with Crippen LogP contribution in [0.4, 0.5) is 13.2 Å². The van der Waals surface area contributed by atoms with Crippen molar-refractivity contribution in [3.05, 3.63) is 59.1 Å². The minimum absolute atomic E-state index is 0.221. The monoisotopic (exact) mass is 566 g/mol. The van der Waals surface area contributed by atoms with Crippen molar-refractivity contribution in [2.24, 2.45) is 11.8 Å². The van der Waals surface area contributed by atoms with E-state index in [0.29, 0.717) is 18.0 Å². The molecule has 0 radical (unpaired) electrons. The van der Waals surface area contributed by atoms with Crippen LogP contribution < -0.4 is 0 Å². The average molecular weight is 567 g/mol. The number of alkyl halides is 3. The van der Waals surface area contributed by atoms with E-state index in [1.165, 1.54) is 19.1 Å². The lowest BCUT2D eigenvalue weighted by Crippen LogP contribution is -2.59. The van der Waals surface area contributed by atoms with Gasteiger partial charge < -0.3 is 9.84 Å². The fourth-order valence-corrected chi connectivity index (χ4v) is 6.23. The third-order valence-electron chi connectivity index (χ3n) is 7.67. The van der Waals surface area contributed by atoms with Crippen molar-refractivity contribution in [1.82, 2.24) is 9.80 Å². The molecule has 0 spiro atoms. The van der Waals surface area contributed by atoms with Crippen molar-refractivity contribution in [1.29, 1.82) is 0 Å². The van der Waals surface area contributed by atoms with Gasteiger partial charge in [0.1, 0.15) is 5.54 Å². The first kappa shape index (κ1) is 28.6. The maximum atomic E-state index is 13.2. The van der Waals surface area contributed by atoms with Crippen molar-refractivity contribution in [3.8, 4) is 11.1 Å². The lowest BCUT2D eigenvalue weighted by atomic mass is 9.75. The van der Waals surface area contributed by atoms with Crippen LogP contribution >= 0.6 is 11.6 Å². The number of nitrogens with zero attached hydrogens (tertiary/aromatic N) is 2. The van der Waals surface area contributed by atoms with E-state index in [4.69, 9.17) is 26.2 Å². The number of carboxylic acids is 1. The van der Waals surface area contributed by atoms with Crippen LogP contribution in [0.15, 0.2) is 48.5 Å². The van der Waals surface area contributed by atoms with Crippen molar-refractivity contribution in [2.75, 3.05) is 20.7 Å². The molecule has 2 aromatic carbocycles. The van der Waals surface area contributed by atoms with Crippen molar-refractivity contribution >= 4 is 35.4 Å². The van der Waals surface area contributed by atoms with Gasteiger partial charge in [0.25, 0.3) is 0 Å². The molecule has 8 nitrogen and oxygen atoms in total. The second kappa shape index (κ2) is 10.6. The van der Waals surface area contributed by atoms with Gasteiger partial charge in [-0.15, -0.1) is 0 Å². The van der Waals surface area contributed by atoms with Crippen molar-refractivity contribution in [2.45, 2.75) is 37.0 Å². The Balaban J connectivity index is 0.000000448. The van der Waals surface area contributed by atoms with Gasteiger partial charge in [-0.2, -0.15) is 13.2 Å². The number of likely N-dealkylation sites (tertiary alicyclic amines) is 1. The first-order valence-electron chi connectivity index (χ1n) is 12.2. The average Bonchev–Trinajstić information content (AvgIpc) is 3.34. The maximum Gasteiger partial charge on any atom is 0.490 e. The van der Waals surface area contributed by atoms with Gasteiger partial charge in [0, 0.05) is 18.1 Å². The van der Waals surface area contributed by atoms with Crippen LogP contribution in [-0.2, 0) is 23.9 Å². The van der Waals surface area contributed by atoms with E-state index in [9.17, 15) is 27.6 Å². The molecule has 5 rings (SSSR count). The molecular formula is C27H26ClF3N2O6. The van der Waals surface area contributed by atoms with Gasteiger partial charge >= 0.3 is 18.1 Å².